The quantitative estimate of drug-likeness (QED) is 0.664. The number of rotatable bonds is 3. The minimum Gasteiger partial charge on any atom is -0.379 e. The van der Waals surface area contributed by atoms with Gasteiger partial charge in [-0.15, -0.1) is 0 Å². The molecule has 0 aromatic rings. The summed E-state index contributed by atoms with van der Waals surface area (Å²) in [7, 11) is 0. The van der Waals surface area contributed by atoms with Gasteiger partial charge in [-0.05, 0) is 19.8 Å². The lowest BCUT2D eigenvalue weighted by Gasteiger charge is -2.47. The van der Waals surface area contributed by atoms with Crippen molar-refractivity contribution in [3.05, 3.63) is 0 Å². The third-order valence-corrected chi connectivity index (χ3v) is 3.87. The van der Waals surface area contributed by atoms with Crippen LogP contribution in [0.2, 0.25) is 0 Å². The molecule has 2 rings (SSSR count). The van der Waals surface area contributed by atoms with E-state index < -0.39 is 5.66 Å². The molecule has 0 aromatic carbocycles. The third kappa shape index (κ3) is 2.29. The molecule has 0 saturated carbocycles. The summed E-state index contributed by atoms with van der Waals surface area (Å²) in [6, 6.07) is 0. The molecule has 92 valence electrons. The Morgan fingerprint density at radius 3 is 2.12 bits per heavy atom. The van der Waals surface area contributed by atoms with Crippen LogP contribution >= 0.6 is 0 Å². The van der Waals surface area contributed by atoms with Crippen LogP contribution in [0.5, 0.6) is 0 Å². The number of hydrogen-bond acceptors (Lipinski definition) is 4. The molecule has 0 bridgehead atoms. The van der Waals surface area contributed by atoms with Crippen molar-refractivity contribution in [3.8, 4) is 0 Å². The number of nitrogens with zero attached hydrogens (tertiary/aromatic N) is 2. The van der Waals surface area contributed by atoms with Crippen LogP contribution < -0.4 is 0 Å². The molecule has 4 heteroatoms. The summed E-state index contributed by atoms with van der Waals surface area (Å²) < 4.78 is 5.35. The maximum atomic E-state index is 11.5. The predicted octanol–water partition coefficient (Wildman–Crippen LogP) is 0.720. The molecule has 1 unspecified atom stereocenters. The van der Waals surface area contributed by atoms with E-state index >= 15 is 0 Å². The van der Waals surface area contributed by atoms with Gasteiger partial charge in [0.25, 0.3) is 0 Å². The molecule has 2 aliphatic heterocycles. The summed E-state index contributed by atoms with van der Waals surface area (Å²) in [6.45, 7) is 7.38. The molecule has 2 aliphatic rings. The first-order chi connectivity index (χ1) is 7.77. The molecule has 0 radical (unpaired) electrons. The lowest BCUT2D eigenvalue weighted by molar-refractivity contribution is -0.139. The van der Waals surface area contributed by atoms with E-state index in [9.17, 15) is 4.79 Å². The Morgan fingerprint density at radius 1 is 1.00 bits per heavy atom. The van der Waals surface area contributed by atoms with Crippen LogP contribution in [0.25, 0.3) is 0 Å². The van der Waals surface area contributed by atoms with E-state index in [1.165, 1.54) is 19.3 Å². The molecule has 0 aliphatic carbocycles. The minimum atomic E-state index is -0.412. The minimum absolute atomic E-state index is 0.412. The zero-order valence-electron chi connectivity index (χ0n) is 10.2. The SMILES string of the molecule is CC(C=O)(N1CCCCC1)N1CCOCC1. The van der Waals surface area contributed by atoms with Crippen molar-refractivity contribution >= 4 is 6.29 Å². The second-order valence-corrected chi connectivity index (χ2v) is 4.86. The van der Waals surface area contributed by atoms with Crippen molar-refractivity contribution in [2.24, 2.45) is 0 Å². The largest absolute Gasteiger partial charge is 0.379 e. The van der Waals surface area contributed by atoms with Crippen LogP contribution in [-0.4, -0.2) is 61.1 Å². The summed E-state index contributed by atoms with van der Waals surface area (Å²) >= 11 is 0. The first kappa shape index (κ1) is 12.0. The fourth-order valence-corrected chi connectivity index (χ4v) is 2.71. The Kier molecular flexibility index (Phi) is 3.95. The van der Waals surface area contributed by atoms with E-state index in [0.29, 0.717) is 0 Å². The molecule has 0 N–H and O–H groups in total. The Morgan fingerprint density at radius 2 is 1.56 bits per heavy atom. The smallest absolute Gasteiger partial charge is 0.154 e. The number of piperidine rings is 1. The number of carbonyl (C=O) groups excluding carboxylic acids is 1. The Labute approximate surface area is 97.5 Å². The summed E-state index contributed by atoms with van der Waals surface area (Å²) in [4.78, 5) is 16.1. The number of morpholine rings is 1. The summed E-state index contributed by atoms with van der Waals surface area (Å²) in [5.74, 6) is 0. The monoisotopic (exact) mass is 226 g/mol. The summed E-state index contributed by atoms with van der Waals surface area (Å²) in [5.41, 5.74) is -0.412. The topological polar surface area (TPSA) is 32.8 Å². The van der Waals surface area contributed by atoms with Crippen LogP contribution in [0, 0.1) is 0 Å². The van der Waals surface area contributed by atoms with E-state index in [1.807, 2.05) is 0 Å². The second kappa shape index (κ2) is 5.25. The average molecular weight is 226 g/mol. The highest BCUT2D eigenvalue weighted by molar-refractivity contribution is 5.63. The van der Waals surface area contributed by atoms with Gasteiger partial charge in [-0.3, -0.25) is 14.6 Å². The van der Waals surface area contributed by atoms with Gasteiger partial charge in [-0.25, -0.2) is 0 Å². The van der Waals surface area contributed by atoms with Gasteiger partial charge in [-0.2, -0.15) is 0 Å². The van der Waals surface area contributed by atoms with Crippen molar-refractivity contribution in [2.75, 3.05) is 39.4 Å². The molecule has 2 heterocycles. The molecule has 0 amide bonds. The Hall–Kier alpha value is -0.450. The molecule has 0 spiro atoms. The molecule has 2 fully saturated rings. The van der Waals surface area contributed by atoms with Gasteiger partial charge >= 0.3 is 0 Å². The number of likely N-dealkylation sites (tertiary alicyclic amines) is 1. The van der Waals surface area contributed by atoms with Crippen molar-refractivity contribution in [3.63, 3.8) is 0 Å². The molecular weight excluding hydrogens is 204 g/mol. The third-order valence-electron chi connectivity index (χ3n) is 3.87. The maximum absolute atomic E-state index is 11.5. The van der Waals surface area contributed by atoms with Gasteiger partial charge in [0.2, 0.25) is 0 Å². The van der Waals surface area contributed by atoms with Crippen LogP contribution in [0.15, 0.2) is 0 Å². The van der Waals surface area contributed by atoms with Crippen molar-refractivity contribution in [1.82, 2.24) is 9.80 Å². The zero-order valence-corrected chi connectivity index (χ0v) is 10.2. The second-order valence-electron chi connectivity index (χ2n) is 4.86. The first-order valence-corrected chi connectivity index (χ1v) is 6.31. The van der Waals surface area contributed by atoms with Crippen LogP contribution in [0.3, 0.4) is 0 Å². The van der Waals surface area contributed by atoms with E-state index in [0.717, 1.165) is 45.7 Å². The summed E-state index contributed by atoms with van der Waals surface area (Å²) in [5, 5.41) is 0. The van der Waals surface area contributed by atoms with E-state index in [1.54, 1.807) is 0 Å². The average Bonchev–Trinajstić information content (AvgIpc) is 2.40. The molecule has 4 nitrogen and oxygen atoms in total. The highest BCUT2D eigenvalue weighted by atomic mass is 16.5. The molecular formula is C12H22N2O2. The lowest BCUT2D eigenvalue weighted by atomic mass is 10.0. The normalized spacial score (nSPS) is 28.6. The van der Waals surface area contributed by atoms with Crippen molar-refractivity contribution in [1.29, 1.82) is 0 Å². The van der Waals surface area contributed by atoms with E-state index in [4.69, 9.17) is 4.74 Å². The summed E-state index contributed by atoms with van der Waals surface area (Å²) in [6.07, 6.45) is 4.85. The van der Waals surface area contributed by atoms with Crippen LogP contribution in [-0.2, 0) is 9.53 Å². The van der Waals surface area contributed by atoms with Gasteiger partial charge in [-0.1, -0.05) is 6.42 Å². The molecule has 1 atom stereocenters. The predicted molar refractivity (Wildman–Crippen MR) is 62.3 cm³/mol. The van der Waals surface area contributed by atoms with Crippen LogP contribution in [0.4, 0.5) is 0 Å². The number of carbonyl (C=O) groups is 1. The Balaban J connectivity index is 2.06. The van der Waals surface area contributed by atoms with Crippen molar-refractivity contribution < 1.29 is 9.53 Å². The fourth-order valence-electron chi connectivity index (χ4n) is 2.71. The maximum Gasteiger partial charge on any atom is 0.154 e. The lowest BCUT2D eigenvalue weighted by Crippen LogP contribution is -2.63. The molecule has 16 heavy (non-hydrogen) atoms. The van der Waals surface area contributed by atoms with Crippen molar-refractivity contribution in [2.45, 2.75) is 31.8 Å². The van der Waals surface area contributed by atoms with Gasteiger partial charge in [0.05, 0.1) is 13.2 Å². The molecule has 0 aromatic heterocycles. The van der Waals surface area contributed by atoms with Gasteiger partial charge < -0.3 is 4.74 Å². The zero-order chi connectivity index (χ0) is 11.4. The van der Waals surface area contributed by atoms with Crippen LogP contribution in [0.1, 0.15) is 26.2 Å². The fraction of sp³-hybridized carbons (Fsp3) is 0.917. The standard InChI is InChI=1S/C12H22N2O2/c1-12(11-15,13-5-3-2-4-6-13)14-7-9-16-10-8-14/h11H,2-10H2,1H3. The van der Waals surface area contributed by atoms with Gasteiger partial charge in [0, 0.05) is 26.2 Å². The van der Waals surface area contributed by atoms with Gasteiger partial charge in [0.15, 0.2) is 6.29 Å². The van der Waals surface area contributed by atoms with Gasteiger partial charge in [0.1, 0.15) is 5.66 Å². The van der Waals surface area contributed by atoms with E-state index in [2.05, 4.69) is 16.7 Å². The number of hydrogen-bond donors (Lipinski definition) is 0. The van der Waals surface area contributed by atoms with E-state index in [-0.39, 0.29) is 0 Å². The first-order valence-electron chi connectivity index (χ1n) is 6.31. The number of aldehydes is 1. The molecule has 2 saturated heterocycles. The Bertz CT molecular complexity index is 215. The number of ether oxygens (including phenoxy) is 1. The highest BCUT2D eigenvalue weighted by Crippen LogP contribution is 2.23. The highest BCUT2D eigenvalue weighted by Gasteiger charge is 2.38.